The van der Waals surface area contributed by atoms with Crippen molar-refractivity contribution < 1.29 is 4.79 Å². The highest BCUT2D eigenvalue weighted by Crippen LogP contribution is 2.33. The first-order valence-corrected chi connectivity index (χ1v) is 5.37. The first-order chi connectivity index (χ1) is 7.64. The number of hydrogen-bond donors (Lipinski definition) is 0. The number of ketones is 1. The minimum absolute atomic E-state index is 0.110. The molecule has 0 N–H and O–H groups in total. The van der Waals surface area contributed by atoms with Crippen LogP contribution in [0.1, 0.15) is 30.9 Å². The standard InChI is InChI=1S/C14H13NO/c1-14(7-5-13(16)6-8-14)12-4-2-3-11(9-12)10-15/h2-5,7,9H,6,8H2,1H3/t14-/m1/s1. The van der Waals surface area contributed by atoms with Gasteiger partial charge in [-0.1, -0.05) is 25.1 Å². The van der Waals surface area contributed by atoms with Gasteiger partial charge in [0.2, 0.25) is 0 Å². The lowest BCUT2D eigenvalue weighted by Crippen LogP contribution is -2.24. The number of nitrogens with zero attached hydrogens (tertiary/aromatic N) is 1. The minimum Gasteiger partial charge on any atom is -0.295 e. The Morgan fingerprint density at radius 1 is 1.44 bits per heavy atom. The van der Waals surface area contributed by atoms with Crippen LogP contribution in [0.15, 0.2) is 36.4 Å². The van der Waals surface area contributed by atoms with Gasteiger partial charge in [-0.25, -0.2) is 0 Å². The first-order valence-electron chi connectivity index (χ1n) is 5.37. The lowest BCUT2D eigenvalue weighted by atomic mass is 9.75. The van der Waals surface area contributed by atoms with Gasteiger partial charge in [-0.3, -0.25) is 4.79 Å². The fourth-order valence-corrected chi connectivity index (χ4v) is 2.01. The number of benzene rings is 1. The van der Waals surface area contributed by atoms with Gasteiger partial charge in [0, 0.05) is 11.8 Å². The van der Waals surface area contributed by atoms with Gasteiger partial charge in [0.15, 0.2) is 5.78 Å². The van der Waals surface area contributed by atoms with Crippen LogP contribution in [0.4, 0.5) is 0 Å². The highest BCUT2D eigenvalue weighted by molar-refractivity contribution is 5.91. The van der Waals surface area contributed by atoms with E-state index >= 15 is 0 Å². The van der Waals surface area contributed by atoms with Crippen molar-refractivity contribution in [2.75, 3.05) is 0 Å². The van der Waals surface area contributed by atoms with Crippen LogP contribution in [0.25, 0.3) is 0 Å². The molecule has 0 saturated carbocycles. The average molecular weight is 211 g/mol. The molecule has 0 fully saturated rings. The van der Waals surface area contributed by atoms with E-state index in [0.29, 0.717) is 12.0 Å². The van der Waals surface area contributed by atoms with E-state index in [1.807, 2.05) is 24.3 Å². The molecule has 1 aliphatic carbocycles. The number of carbonyl (C=O) groups is 1. The van der Waals surface area contributed by atoms with Gasteiger partial charge >= 0.3 is 0 Å². The predicted octanol–water partition coefficient (Wildman–Crippen LogP) is 2.74. The van der Waals surface area contributed by atoms with Gasteiger partial charge in [0.25, 0.3) is 0 Å². The Hall–Kier alpha value is -1.88. The van der Waals surface area contributed by atoms with E-state index in [-0.39, 0.29) is 11.2 Å². The fourth-order valence-electron chi connectivity index (χ4n) is 2.01. The Labute approximate surface area is 95.2 Å². The monoisotopic (exact) mass is 211 g/mol. The first kappa shape index (κ1) is 10.6. The molecule has 0 amide bonds. The number of hydrogen-bond acceptors (Lipinski definition) is 2. The van der Waals surface area contributed by atoms with E-state index in [1.165, 1.54) is 0 Å². The van der Waals surface area contributed by atoms with Gasteiger partial charge in [-0.15, -0.1) is 0 Å². The zero-order valence-corrected chi connectivity index (χ0v) is 9.23. The van der Waals surface area contributed by atoms with Gasteiger partial charge in [-0.2, -0.15) is 5.26 Å². The van der Waals surface area contributed by atoms with Crippen molar-refractivity contribution in [1.29, 1.82) is 5.26 Å². The number of nitriles is 1. The lowest BCUT2D eigenvalue weighted by Gasteiger charge is -2.29. The molecule has 2 rings (SSSR count). The Balaban J connectivity index is 2.40. The Morgan fingerprint density at radius 3 is 2.88 bits per heavy atom. The summed E-state index contributed by atoms with van der Waals surface area (Å²) in [5.74, 6) is 0.189. The molecule has 1 aromatic rings. The molecule has 80 valence electrons. The molecule has 0 aliphatic heterocycles. The molecule has 0 heterocycles. The molecule has 16 heavy (non-hydrogen) atoms. The maximum absolute atomic E-state index is 11.2. The van der Waals surface area contributed by atoms with E-state index in [2.05, 4.69) is 13.0 Å². The Bertz CT molecular complexity index is 496. The summed E-state index contributed by atoms with van der Waals surface area (Å²) in [4.78, 5) is 11.2. The maximum Gasteiger partial charge on any atom is 0.155 e. The molecule has 1 aliphatic rings. The largest absolute Gasteiger partial charge is 0.295 e. The smallest absolute Gasteiger partial charge is 0.155 e. The molecular weight excluding hydrogens is 198 g/mol. The average Bonchev–Trinajstić information content (AvgIpc) is 2.33. The Kier molecular flexibility index (Phi) is 2.62. The molecule has 0 aromatic heterocycles. The molecule has 1 atom stereocenters. The van der Waals surface area contributed by atoms with Crippen LogP contribution in [0.3, 0.4) is 0 Å². The topological polar surface area (TPSA) is 40.9 Å². The molecule has 1 aromatic carbocycles. The van der Waals surface area contributed by atoms with Crippen molar-refractivity contribution in [3.63, 3.8) is 0 Å². The minimum atomic E-state index is -0.110. The van der Waals surface area contributed by atoms with Crippen LogP contribution >= 0.6 is 0 Å². The van der Waals surface area contributed by atoms with E-state index in [4.69, 9.17) is 5.26 Å². The van der Waals surface area contributed by atoms with Gasteiger partial charge in [-0.05, 0) is 30.2 Å². The van der Waals surface area contributed by atoms with Crippen molar-refractivity contribution in [2.24, 2.45) is 0 Å². The third-order valence-corrected chi connectivity index (χ3v) is 3.18. The summed E-state index contributed by atoms with van der Waals surface area (Å²) in [6, 6.07) is 9.75. The summed E-state index contributed by atoms with van der Waals surface area (Å²) in [6.45, 7) is 2.10. The molecule has 0 unspecified atom stereocenters. The van der Waals surface area contributed by atoms with Crippen LogP contribution in [0.2, 0.25) is 0 Å². The second kappa shape index (κ2) is 3.94. The number of allylic oxidation sites excluding steroid dienone is 2. The third-order valence-electron chi connectivity index (χ3n) is 3.18. The summed E-state index contributed by atoms with van der Waals surface area (Å²) in [5, 5.41) is 8.86. The van der Waals surface area contributed by atoms with Crippen molar-refractivity contribution in [3.05, 3.63) is 47.5 Å². The van der Waals surface area contributed by atoms with Crippen LogP contribution in [-0.2, 0) is 10.2 Å². The van der Waals surface area contributed by atoms with Gasteiger partial charge < -0.3 is 0 Å². The Morgan fingerprint density at radius 2 is 2.25 bits per heavy atom. The van der Waals surface area contributed by atoms with E-state index in [9.17, 15) is 4.79 Å². The summed E-state index contributed by atoms with van der Waals surface area (Å²) in [5.41, 5.74) is 1.67. The van der Waals surface area contributed by atoms with Crippen molar-refractivity contribution >= 4 is 5.78 Å². The van der Waals surface area contributed by atoms with Gasteiger partial charge in [0.05, 0.1) is 11.6 Å². The van der Waals surface area contributed by atoms with E-state index in [0.717, 1.165) is 12.0 Å². The summed E-state index contributed by atoms with van der Waals surface area (Å²) in [6.07, 6.45) is 5.01. The number of carbonyl (C=O) groups excluding carboxylic acids is 1. The van der Waals surface area contributed by atoms with E-state index < -0.39 is 0 Å². The van der Waals surface area contributed by atoms with Crippen molar-refractivity contribution in [2.45, 2.75) is 25.2 Å². The van der Waals surface area contributed by atoms with E-state index in [1.54, 1.807) is 12.1 Å². The third kappa shape index (κ3) is 1.90. The van der Waals surface area contributed by atoms with Gasteiger partial charge in [0.1, 0.15) is 0 Å². The maximum atomic E-state index is 11.2. The van der Waals surface area contributed by atoms with Crippen molar-refractivity contribution in [3.8, 4) is 6.07 Å². The molecule has 0 radical (unpaired) electrons. The number of rotatable bonds is 1. The van der Waals surface area contributed by atoms with Crippen molar-refractivity contribution in [1.82, 2.24) is 0 Å². The quantitative estimate of drug-likeness (QED) is 0.716. The molecule has 2 heteroatoms. The molecule has 0 saturated heterocycles. The molecule has 0 bridgehead atoms. The zero-order chi connectivity index (χ0) is 11.6. The van der Waals surface area contributed by atoms with Crippen LogP contribution < -0.4 is 0 Å². The fraction of sp³-hybridized carbons (Fsp3) is 0.286. The summed E-state index contributed by atoms with van der Waals surface area (Å²) < 4.78 is 0. The normalized spacial score (nSPS) is 24.1. The highest BCUT2D eigenvalue weighted by Gasteiger charge is 2.27. The second-order valence-corrected chi connectivity index (χ2v) is 4.41. The zero-order valence-electron chi connectivity index (χ0n) is 9.23. The SMILES string of the molecule is C[C@@]1(c2cccc(C#N)c2)C=CC(=O)CC1. The van der Waals surface area contributed by atoms with Crippen LogP contribution in [-0.4, -0.2) is 5.78 Å². The summed E-state index contributed by atoms with van der Waals surface area (Å²) >= 11 is 0. The molecule has 0 spiro atoms. The molecular formula is C14H13NO. The van der Waals surface area contributed by atoms with Crippen LogP contribution in [0.5, 0.6) is 0 Å². The summed E-state index contributed by atoms with van der Waals surface area (Å²) in [7, 11) is 0. The molecule has 2 nitrogen and oxygen atoms in total. The van der Waals surface area contributed by atoms with Crippen LogP contribution in [0, 0.1) is 11.3 Å². The second-order valence-electron chi connectivity index (χ2n) is 4.41. The predicted molar refractivity (Wildman–Crippen MR) is 61.9 cm³/mol. The lowest BCUT2D eigenvalue weighted by molar-refractivity contribution is -0.115. The highest BCUT2D eigenvalue weighted by atomic mass is 16.1.